The molecule has 21 heavy (non-hydrogen) atoms. The summed E-state index contributed by atoms with van der Waals surface area (Å²) in [4.78, 5) is 16.1. The zero-order valence-corrected chi connectivity index (χ0v) is 14.4. The van der Waals surface area contributed by atoms with Crippen LogP contribution in [0.4, 0.5) is 5.69 Å². The average molecular weight is 355 g/mol. The number of benzene rings is 1. The van der Waals surface area contributed by atoms with E-state index in [4.69, 9.17) is 17.3 Å². The maximum absolute atomic E-state index is 11.9. The summed E-state index contributed by atoms with van der Waals surface area (Å²) in [6, 6.07) is 7.75. The van der Waals surface area contributed by atoms with Gasteiger partial charge in [-0.05, 0) is 31.2 Å². The van der Waals surface area contributed by atoms with Crippen LogP contribution in [0.25, 0.3) is 0 Å². The van der Waals surface area contributed by atoms with E-state index in [0.29, 0.717) is 6.42 Å². The van der Waals surface area contributed by atoms with Crippen LogP contribution in [0.1, 0.15) is 13.3 Å². The van der Waals surface area contributed by atoms with Gasteiger partial charge in [0.05, 0.1) is 0 Å². The molecule has 1 heterocycles. The van der Waals surface area contributed by atoms with Crippen molar-refractivity contribution in [2.24, 2.45) is 5.73 Å². The Morgan fingerprint density at radius 1 is 1.19 bits per heavy atom. The maximum atomic E-state index is 11.9. The van der Waals surface area contributed by atoms with Gasteiger partial charge in [-0.3, -0.25) is 4.79 Å². The molecule has 1 fully saturated rings. The van der Waals surface area contributed by atoms with Crippen LogP contribution < -0.4 is 10.6 Å². The van der Waals surface area contributed by atoms with E-state index in [9.17, 15) is 4.79 Å². The molecule has 0 saturated carbocycles. The molecule has 4 nitrogen and oxygen atoms in total. The fourth-order valence-electron chi connectivity index (χ4n) is 2.27. The highest BCUT2D eigenvalue weighted by molar-refractivity contribution is 6.30. The Morgan fingerprint density at radius 2 is 1.71 bits per heavy atom. The molecule has 1 atom stereocenters. The quantitative estimate of drug-likeness (QED) is 0.907. The number of nitrogens with zero attached hydrogens (tertiary/aromatic N) is 2. The third-order valence-electron chi connectivity index (χ3n) is 3.32. The Morgan fingerprint density at radius 3 is 2.19 bits per heavy atom. The molecular weight excluding hydrogens is 333 g/mol. The van der Waals surface area contributed by atoms with Gasteiger partial charge in [0.25, 0.3) is 0 Å². The van der Waals surface area contributed by atoms with Crippen molar-refractivity contribution in [1.29, 1.82) is 0 Å². The number of anilines is 1. The summed E-state index contributed by atoms with van der Waals surface area (Å²) >= 11 is 5.88. The second kappa shape index (κ2) is 9.36. The summed E-state index contributed by atoms with van der Waals surface area (Å²) in [5.41, 5.74) is 6.82. The molecule has 1 amide bonds. The van der Waals surface area contributed by atoms with E-state index in [1.165, 1.54) is 0 Å². The molecule has 2 rings (SSSR count). The molecule has 0 aromatic heterocycles. The number of carbonyl (C=O) groups is 1. The number of nitrogens with two attached hydrogens (primary N) is 1. The lowest BCUT2D eigenvalue weighted by atomic mass is 10.2. The molecule has 120 valence electrons. The number of amides is 1. The molecule has 2 N–H and O–H groups in total. The van der Waals surface area contributed by atoms with Crippen LogP contribution in [-0.2, 0) is 4.79 Å². The topological polar surface area (TPSA) is 49.6 Å². The third-order valence-corrected chi connectivity index (χ3v) is 3.57. The molecule has 0 spiro atoms. The summed E-state index contributed by atoms with van der Waals surface area (Å²) in [6.07, 6.45) is 0.431. The highest BCUT2D eigenvalue weighted by atomic mass is 35.5. The molecule has 1 unspecified atom stereocenters. The largest absolute Gasteiger partial charge is 0.368 e. The van der Waals surface area contributed by atoms with Crippen molar-refractivity contribution in [1.82, 2.24) is 4.90 Å². The Bertz CT molecular complexity index is 432. The van der Waals surface area contributed by atoms with Gasteiger partial charge in [0.1, 0.15) is 0 Å². The predicted octanol–water partition coefficient (Wildman–Crippen LogP) is 2.57. The first kappa shape index (κ1) is 20.3. The summed E-state index contributed by atoms with van der Waals surface area (Å²) in [6.45, 7) is 5.09. The van der Waals surface area contributed by atoms with Crippen LogP contribution in [-0.4, -0.2) is 43.0 Å². The van der Waals surface area contributed by atoms with E-state index in [0.717, 1.165) is 36.9 Å². The Labute approximate surface area is 143 Å². The van der Waals surface area contributed by atoms with Gasteiger partial charge in [-0.1, -0.05) is 11.6 Å². The van der Waals surface area contributed by atoms with E-state index in [2.05, 4.69) is 4.90 Å². The van der Waals surface area contributed by atoms with Crippen LogP contribution in [0.3, 0.4) is 0 Å². The fraction of sp³-hybridized carbons (Fsp3) is 0.500. The highest BCUT2D eigenvalue weighted by Gasteiger charge is 2.21. The van der Waals surface area contributed by atoms with E-state index in [1.807, 2.05) is 36.1 Å². The van der Waals surface area contributed by atoms with Crippen molar-refractivity contribution in [2.45, 2.75) is 19.4 Å². The number of piperazine rings is 1. The third kappa shape index (κ3) is 5.91. The predicted molar refractivity (Wildman–Crippen MR) is 93.0 cm³/mol. The monoisotopic (exact) mass is 353 g/mol. The first-order valence-electron chi connectivity index (χ1n) is 6.60. The van der Waals surface area contributed by atoms with Crippen molar-refractivity contribution in [3.8, 4) is 0 Å². The Balaban J connectivity index is 0.00000200. The van der Waals surface area contributed by atoms with Gasteiger partial charge < -0.3 is 15.5 Å². The van der Waals surface area contributed by atoms with Crippen molar-refractivity contribution in [3.63, 3.8) is 0 Å². The lowest BCUT2D eigenvalue weighted by Gasteiger charge is -2.36. The lowest BCUT2D eigenvalue weighted by molar-refractivity contribution is -0.131. The van der Waals surface area contributed by atoms with Crippen molar-refractivity contribution < 1.29 is 4.79 Å². The number of hydrogen-bond donors (Lipinski definition) is 1. The van der Waals surface area contributed by atoms with Crippen LogP contribution in [0.5, 0.6) is 0 Å². The number of hydrogen-bond acceptors (Lipinski definition) is 3. The highest BCUT2D eigenvalue weighted by Crippen LogP contribution is 2.19. The molecular formula is C14H22Cl3N3O. The molecule has 1 saturated heterocycles. The van der Waals surface area contributed by atoms with E-state index >= 15 is 0 Å². The SMILES string of the molecule is CC(N)CC(=O)N1CCN(c2ccc(Cl)cc2)CC1.Cl.Cl. The van der Waals surface area contributed by atoms with Gasteiger partial charge in [0.15, 0.2) is 0 Å². The van der Waals surface area contributed by atoms with Crippen molar-refractivity contribution in [2.75, 3.05) is 31.1 Å². The normalized spacial score (nSPS) is 15.8. The summed E-state index contributed by atoms with van der Waals surface area (Å²) in [7, 11) is 0. The number of halogens is 3. The van der Waals surface area contributed by atoms with Crippen molar-refractivity contribution in [3.05, 3.63) is 29.3 Å². The second-order valence-corrected chi connectivity index (χ2v) is 5.46. The van der Waals surface area contributed by atoms with Gasteiger partial charge in [0, 0.05) is 49.4 Å². The minimum atomic E-state index is -0.0678. The van der Waals surface area contributed by atoms with Crippen LogP contribution in [0.15, 0.2) is 24.3 Å². The van der Waals surface area contributed by atoms with Gasteiger partial charge in [-0.25, -0.2) is 0 Å². The fourth-order valence-corrected chi connectivity index (χ4v) is 2.40. The van der Waals surface area contributed by atoms with E-state index in [-0.39, 0.29) is 36.8 Å². The molecule has 1 aliphatic heterocycles. The van der Waals surface area contributed by atoms with Gasteiger partial charge in [-0.2, -0.15) is 0 Å². The lowest BCUT2D eigenvalue weighted by Crippen LogP contribution is -2.49. The van der Waals surface area contributed by atoms with Gasteiger partial charge in [0.2, 0.25) is 5.91 Å². The number of carbonyl (C=O) groups excluding carboxylic acids is 1. The molecule has 0 radical (unpaired) electrons. The summed E-state index contributed by atoms with van der Waals surface area (Å²) in [5, 5.41) is 0.745. The molecule has 1 aliphatic rings. The number of rotatable bonds is 3. The molecule has 1 aromatic rings. The van der Waals surface area contributed by atoms with Crippen LogP contribution >= 0.6 is 36.4 Å². The van der Waals surface area contributed by atoms with Gasteiger partial charge in [-0.15, -0.1) is 24.8 Å². The average Bonchev–Trinajstić information content (AvgIpc) is 2.39. The smallest absolute Gasteiger partial charge is 0.224 e. The molecule has 7 heteroatoms. The summed E-state index contributed by atoms with van der Waals surface area (Å²) < 4.78 is 0. The molecule has 0 aliphatic carbocycles. The molecule has 1 aromatic carbocycles. The Kier molecular flexibility index (Phi) is 9.06. The second-order valence-electron chi connectivity index (χ2n) is 5.03. The van der Waals surface area contributed by atoms with Crippen LogP contribution in [0.2, 0.25) is 5.02 Å². The zero-order valence-electron chi connectivity index (χ0n) is 12.0. The van der Waals surface area contributed by atoms with E-state index < -0.39 is 0 Å². The summed E-state index contributed by atoms with van der Waals surface area (Å²) in [5.74, 6) is 0.158. The van der Waals surface area contributed by atoms with Crippen molar-refractivity contribution >= 4 is 48.0 Å². The van der Waals surface area contributed by atoms with E-state index in [1.54, 1.807) is 0 Å². The Hall–Kier alpha value is -0.680. The maximum Gasteiger partial charge on any atom is 0.224 e. The first-order valence-corrected chi connectivity index (χ1v) is 6.98. The minimum Gasteiger partial charge on any atom is -0.368 e. The minimum absolute atomic E-state index is 0. The standard InChI is InChI=1S/C14H20ClN3O.2ClH/c1-11(16)10-14(19)18-8-6-17(7-9-18)13-4-2-12(15)3-5-13;;/h2-5,11H,6-10,16H2,1H3;2*1H. The first-order chi connectivity index (χ1) is 9.06. The molecule has 0 bridgehead atoms. The van der Waals surface area contributed by atoms with Crippen LogP contribution in [0, 0.1) is 0 Å². The zero-order chi connectivity index (χ0) is 13.8. The van der Waals surface area contributed by atoms with Gasteiger partial charge >= 0.3 is 0 Å².